The molecule has 0 radical (unpaired) electrons. The molecule has 0 amide bonds. The van der Waals surface area contributed by atoms with E-state index >= 15 is 0 Å². The van der Waals surface area contributed by atoms with Crippen LogP contribution in [0.1, 0.15) is 24.2 Å². The molecule has 2 rings (SSSR count). The highest BCUT2D eigenvalue weighted by Crippen LogP contribution is 2.24. The molecule has 0 aliphatic carbocycles. The molecule has 1 aromatic carbocycles. The van der Waals surface area contributed by atoms with Crippen LogP contribution in [0.15, 0.2) is 36.7 Å². The quantitative estimate of drug-likeness (QED) is 0.898. The fraction of sp³-hybridized carbons (Fsp3) is 0.357. The molecule has 0 aliphatic rings. The van der Waals surface area contributed by atoms with Crippen LogP contribution >= 0.6 is 0 Å². The van der Waals surface area contributed by atoms with Crippen LogP contribution in [0.2, 0.25) is 0 Å². The monoisotopic (exact) mass is 245 g/mol. The van der Waals surface area contributed by atoms with Crippen molar-refractivity contribution >= 4 is 0 Å². The Bertz CT molecular complexity index is 519. The fourth-order valence-electron chi connectivity index (χ4n) is 1.90. The van der Waals surface area contributed by atoms with Gasteiger partial charge in [0.25, 0.3) is 0 Å². The second-order valence-corrected chi connectivity index (χ2v) is 4.66. The van der Waals surface area contributed by atoms with E-state index in [1.165, 1.54) is 5.56 Å². The van der Waals surface area contributed by atoms with Gasteiger partial charge >= 0.3 is 0 Å². The van der Waals surface area contributed by atoms with Crippen LogP contribution in [-0.2, 0) is 7.05 Å². The summed E-state index contributed by atoms with van der Waals surface area (Å²) in [6.07, 6.45) is 3.55. The minimum Gasteiger partial charge on any atom is -0.484 e. The van der Waals surface area contributed by atoms with Crippen LogP contribution in [-0.4, -0.2) is 15.8 Å². The van der Waals surface area contributed by atoms with Crippen molar-refractivity contribution in [3.05, 3.63) is 47.8 Å². The molecule has 0 bridgehead atoms. The molecule has 0 aliphatic heterocycles. The molecule has 0 fully saturated rings. The molecule has 2 atom stereocenters. The first-order chi connectivity index (χ1) is 8.56. The second kappa shape index (κ2) is 5.23. The summed E-state index contributed by atoms with van der Waals surface area (Å²) in [5.41, 5.74) is 8.16. The van der Waals surface area contributed by atoms with Crippen molar-refractivity contribution in [1.82, 2.24) is 9.78 Å². The van der Waals surface area contributed by atoms with E-state index in [9.17, 15) is 0 Å². The van der Waals surface area contributed by atoms with E-state index in [1.54, 1.807) is 10.9 Å². The highest BCUT2D eigenvalue weighted by atomic mass is 16.5. The summed E-state index contributed by atoms with van der Waals surface area (Å²) in [5, 5.41) is 4.16. The van der Waals surface area contributed by atoms with E-state index in [4.69, 9.17) is 10.5 Å². The molecule has 0 spiro atoms. The number of nitrogens with zero attached hydrogens (tertiary/aromatic N) is 2. The van der Waals surface area contributed by atoms with E-state index in [2.05, 4.69) is 5.10 Å². The van der Waals surface area contributed by atoms with E-state index in [1.807, 2.05) is 51.4 Å². The number of benzene rings is 1. The Labute approximate surface area is 107 Å². The first-order valence-corrected chi connectivity index (χ1v) is 6.03. The van der Waals surface area contributed by atoms with Gasteiger partial charge in [-0.05, 0) is 31.5 Å². The Morgan fingerprint density at radius 1 is 1.39 bits per heavy atom. The van der Waals surface area contributed by atoms with Crippen LogP contribution in [0.25, 0.3) is 0 Å². The van der Waals surface area contributed by atoms with Crippen LogP contribution in [0.3, 0.4) is 0 Å². The molecule has 96 valence electrons. The average Bonchev–Trinajstić information content (AvgIpc) is 2.72. The summed E-state index contributed by atoms with van der Waals surface area (Å²) < 4.78 is 7.73. The van der Waals surface area contributed by atoms with Gasteiger partial charge in [-0.15, -0.1) is 0 Å². The van der Waals surface area contributed by atoms with Crippen LogP contribution in [0, 0.1) is 6.92 Å². The van der Waals surface area contributed by atoms with Crippen molar-refractivity contribution in [3.63, 3.8) is 0 Å². The molecule has 0 saturated heterocycles. The number of rotatable bonds is 4. The number of hydrogen-bond donors (Lipinski definition) is 1. The van der Waals surface area contributed by atoms with Gasteiger partial charge in [0.05, 0.1) is 6.20 Å². The maximum atomic E-state index is 6.00. The lowest BCUT2D eigenvalue weighted by molar-refractivity contribution is 0.180. The zero-order valence-electron chi connectivity index (χ0n) is 11.0. The molecular formula is C14H19N3O. The van der Waals surface area contributed by atoms with Gasteiger partial charge in [-0.1, -0.05) is 12.1 Å². The molecule has 2 aromatic rings. The van der Waals surface area contributed by atoms with Gasteiger partial charge in [-0.25, -0.2) is 0 Å². The van der Waals surface area contributed by atoms with E-state index in [0.29, 0.717) is 0 Å². The standard InChI is InChI=1S/C14H19N3O/c1-10-5-4-6-13(7-10)18-14(11(2)15)12-8-16-17(3)9-12/h4-9,11,14H,15H2,1-3H3. The molecule has 1 aromatic heterocycles. The molecular weight excluding hydrogens is 226 g/mol. The minimum atomic E-state index is -0.180. The Hall–Kier alpha value is -1.81. The normalized spacial score (nSPS) is 14.2. The predicted molar refractivity (Wildman–Crippen MR) is 71.4 cm³/mol. The van der Waals surface area contributed by atoms with Gasteiger partial charge in [0, 0.05) is 24.8 Å². The number of nitrogens with two attached hydrogens (primary N) is 1. The number of aromatic nitrogens is 2. The Kier molecular flexibility index (Phi) is 3.67. The largest absolute Gasteiger partial charge is 0.484 e. The average molecular weight is 245 g/mol. The number of aryl methyl sites for hydroxylation is 2. The van der Waals surface area contributed by atoms with Gasteiger partial charge in [0.2, 0.25) is 0 Å². The first-order valence-electron chi connectivity index (χ1n) is 6.03. The number of ether oxygens (including phenoxy) is 1. The summed E-state index contributed by atoms with van der Waals surface area (Å²) in [6.45, 7) is 3.98. The van der Waals surface area contributed by atoms with Crippen molar-refractivity contribution < 1.29 is 4.74 Å². The lowest BCUT2D eigenvalue weighted by atomic mass is 10.1. The summed E-state index contributed by atoms with van der Waals surface area (Å²) in [7, 11) is 1.88. The molecule has 18 heavy (non-hydrogen) atoms. The Balaban J connectivity index is 2.22. The molecule has 4 heteroatoms. The zero-order chi connectivity index (χ0) is 13.1. The van der Waals surface area contributed by atoms with Crippen molar-refractivity contribution in [3.8, 4) is 5.75 Å². The van der Waals surface area contributed by atoms with Crippen molar-refractivity contribution in [1.29, 1.82) is 0 Å². The maximum absolute atomic E-state index is 6.00. The van der Waals surface area contributed by atoms with Gasteiger partial charge in [0.15, 0.2) is 0 Å². The topological polar surface area (TPSA) is 53.1 Å². The lowest BCUT2D eigenvalue weighted by Gasteiger charge is -2.21. The molecule has 2 unspecified atom stereocenters. The highest BCUT2D eigenvalue weighted by molar-refractivity contribution is 5.28. The lowest BCUT2D eigenvalue weighted by Crippen LogP contribution is -2.28. The fourth-order valence-corrected chi connectivity index (χ4v) is 1.90. The van der Waals surface area contributed by atoms with Crippen LogP contribution in [0.5, 0.6) is 5.75 Å². The van der Waals surface area contributed by atoms with Crippen LogP contribution in [0.4, 0.5) is 0 Å². The van der Waals surface area contributed by atoms with E-state index in [0.717, 1.165) is 11.3 Å². The summed E-state index contributed by atoms with van der Waals surface area (Å²) >= 11 is 0. The van der Waals surface area contributed by atoms with E-state index < -0.39 is 0 Å². The SMILES string of the molecule is Cc1cccc(OC(c2cnn(C)c2)C(C)N)c1. The third-order valence-corrected chi connectivity index (χ3v) is 2.78. The predicted octanol–water partition coefficient (Wildman–Crippen LogP) is 2.20. The van der Waals surface area contributed by atoms with Crippen molar-refractivity contribution in [2.75, 3.05) is 0 Å². The second-order valence-electron chi connectivity index (χ2n) is 4.66. The molecule has 1 heterocycles. The van der Waals surface area contributed by atoms with Crippen molar-refractivity contribution in [2.45, 2.75) is 26.0 Å². The van der Waals surface area contributed by atoms with Gasteiger partial charge in [-0.3, -0.25) is 4.68 Å². The summed E-state index contributed by atoms with van der Waals surface area (Å²) in [5.74, 6) is 0.834. The minimum absolute atomic E-state index is 0.102. The summed E-state index contributed by atoms with van der Waals surface area (Å²) in [4.78, 5) is 0. The molecule has 4 nitrogen and oxygen atoms in total. The van der Waals surface area contributed by atoms with Gasteiger partial charge in [0.1, 0.15) is 11.9 Å². The number of hydrogen-bond acceptors (Lipinski definition) is 3. The third-order valence-electron chi connectivity index (χ3n) is 2.78. The van der Waals surface area contributed by atoms with Gasteiger partial charge in [-0.2, -0.15) is 5.10 Å². The van der Waals surface area contributed by atoms with Crippen LogP contribution < -0.4 is 10.5 Å². The van der Waals surface area contributed by atoms with Crippen molar-refractivity contribution in [2.24, 2.45) is 12.8 Å². The van der Waals surface area contributed by atoms with E-state index in [-0.39, 0.29) is 12.1 Å². The smallest absolute Gasteiger partial charge is 0.141 e. The Morgan fingerprint density at radius 3 is 2.72 bits per heavy atom. The third kappa shape index (κ3) is 2.90. The zero-order valence-corrected chi connectivity index (χ0v) is 11.0. The first kappa shape index (κ1) is 12.6. The van der Waals surface area contributed by atoms with Gasteiger partial charge < -0.3 is 10.5 Å². The Morgan fingerprint density at radius 2 is 2.17 bits per heavy atom. The summed E-state index contributed by atoms with van der Waals surface area (Å²) in [6, 6.07) is 7.86. The molecule has 0 saturated carbocycles. The molecule has 2 N–H and O–H groups in total. The maximum Gasteiger partial charge on any atom is 0.141 e. The highest BCUT2D eigenvalue weighted by Gasteiger charge is 2.19.